The van der Waals surface area contributed by atoms with E-state index in [1.165, 1.54) is 11.8 Å². The Bertz CT molecular complexity index is 1070. The van der Waals surface area contributed by atoms with E-state index in [1.54, 1.807) is 18.2 Å². The molecule has 0 aliphatic rings. The van der Waals surface area contributed by atoms with Crippen molar-refractivity contribution < 1.29 is 14.3 Å². The van der Waals surface area contributed by atoms with Gasteiger partial charge in [0, 0.05) is 20.9 Å². The lowest BCUT2D eigenvalue weighted by atomic mass is 10.1. The van der Waals surface area contributed by atoms with E-state index in [0.29, 0.717) is 5.02 Å². The normalized spacial score (nSPS) is 11.0. The van der Waals surface area contributed by atoms with Crippen LogP contribution in [-0.4, -0.2) is 11.4 Å². The van der Waals surface area contributed by atoms with Crippen LogP contribution in [0.25, 0.3) is 22.3 Å². The van der Waals surface area contributed by atoms with Gasteiger partial charge in [0.05, 0.1) is 0 Å². The fourth-order valence-electron chi connectivity index (χ4n) is 2.70. The van der Waals surface area contributed by atoms with Gasteiger partial charge in [0.1, 0.15) is 28.6 Å². The topological polar surface area (TPSA) is 42.6 Å². The van der Waals surface area contributed by atoms with Crippen molar-refractivity contribution in [3.05, 3.63) is 71.8 Å². The number of thioether (sulfide) groups is 1. The molecule has 0 atom stereocenters. The average molecular weight is 383 g/mol. The van der Waals surface area contributed by atoms with Gasteiger partial charge in [-0.2, -0.15) is 0 Å². The zero-order valence-electron chi connectivity index (χ0n) is 13.9. The second-order valence-corrected chi connectivity index (χ2v) is 7.04. The summed E-state index contributed by atoms with van der Waals surface area (Å²) in [6.07, 6.45) is 1.93. The van der Waals surface area contributed by atoms with E-state index in [0.717, 1.165) is 38.7 Å². The maximum absolute atomic E-state index is 9.84. The summed E-state index contributed by atoms with van der Waals surface area (Å²) in [7, 11) is 0. The number of benzene rings is 3. The molecule has 0 saturated carbocycles. The largest absolute Gasteiger partial charge is 0.507 e. The molecule has 1 aromatic heterocycles. The number of halogens is 1. The van der Waals surface area contributed by atoms with Crippen molar-refractivity contribution >= 4 is 34.3 Å². The molecule has 0 unspecified atom stereocenters. The van der Waals surface area contributed by atoms with Crippen molar-refractivity contribution in [2.45, 2.75) is 4.90 Å². The van der Waals surface area contributed by atoms with Gasteiger partial charge in [0.2, 0.25) is 0 Å². The second kappa shape index (κ2) is 6.98. The van der Waals surface area contributed by atoms with E-state index in [1.807, 2.05) is 54.8 Å². The Morgan fingerprint density at radius 3 is 2.46 bits per heavy atom. The van der Waals surface area contributed by atoms with Crippen LogP contribution in [0.2, 0.25) is 5.02 Å². The molecule has 0 amide bonds. The first-order chi connectivity index (χ1) is 12.6. The predicted molar refractivity (Wildman–Crippen MR) is 107 cm³/mol. The van der Waals surface area contributed by atoms with Gasteiger partial charge in [-0.25, -0.2) is 0 Å². The lowest BCUT2D eigenvalue weighted by Crippen LogP contribution is -1.82. The summed E-state index contributed by atoms with van der Waals surface area (Å²) in [4.78, 5) is 0.815. The predicted octanol–water partition coefficient (Wildman–Crippen LogP) is 6.97. The summed E-state index contributed by atoms with van der Waals surface area (Å²) in [6.45, 7) is 0. The van der Waals surface area contributed by atoms with Gasteiger partial charge in [0.15, 0.2) is 0 Å². The summed E-state index contributed by atoms with van der Waals surface area (Å²) in [6, 6.07) is 20.4. The molecule has 3 nitrogen and oxygen atoms in total. The monoisotopic (exact) mass is 382 g/mol. The Labute approximate surface area is 160 Å². The maximum Gasteiger partial charge on any atom is 0.135 e. The first-order valence-corrected chi connectivity index (χ1v) is 9.57. The quantitative estimate of drug-likeness (QED) is 0.387. The van der Waals surface area contributed by atoms with Crippen molar-refractivity contribution in [1.82, 2.24) is 0 Å². The van der Waals surface area contributed by atoms with Crippen LogP contribution in [0.3, 0.4) is 0 Å². The van der Waals surface area contributed by atoms with Crippen LogP contribution in [0, 0.1) is 0 Å². The Kier molecular flexibility index (Phi) is 4.53. The van der Waals surface area contributed by atoms with Crippen LogP contribution < -0.4 is 4.74 Å². The fourth-order valence-corrected chi connectivity index (χ4v) is 3.34. The number of aromatic hydroxyl groups is 1. The molecule has 4 rings (SSSR count). The number of hydrogen-bond acceptors (Lipinski definition) is 4. The summed E-state index contributed by atoms with van der Waals surface area (Å²) < 4.78 is 11.8. The van der Waals surface area contributed by atoms with Crippen LogP contribution in [0.5, 0.6) is 17.2 Å². The number of phenols is 1. The summed E-state index contributed by atoms with van der Waals surface area (Å²) in [5, 5.41) is 11.5. The highest BCUT2D eigenvalue weighted by Gasteiger charge is 2.10. The molecule has 130 valence electrons. The van der Waals surface area contributed by atoms with E-state index in [-0.39, 0.29) is 5.75 Å². The Morgan fingerprint density at radius 1 is 0.923 bits per heavy atom. The molecular formula is C21H15ClO3S. The molecular weight excluding hydrogens is 368 g/mol. The van der Waals surface area contributed by atoms with Gasteiger partial charge in [-0.05, 0) is 73.0 Å². The fraction of sp³-hybridized carbons (Fsp3) is 0.0476. The average Bonchev–Trinajstić information content (AvgIpc) is 3.07. The van der Waals surface area contributed by atoms with Crippen molar-refractivity contribution in [2.24, 2.45) is 0 Å². The molecule has 4 aromatic rings. The number of ether oxygens (including phenoxy) is 1. The van der Waals surface area contributed by atoms with E-state index >= 15 is 0 Å². The van der Waals surface area contributed by atoms with Gasteiger partial charge in [-0.1, -0.05) is 11.6 Å². The molecule has 3 aromatic carbocycles. The van der Waals surface area contributed by atoms with Gasteiger partial charge >= 0.3 is 0 Å². The number of furan rings is 1. The molecule has 26 heavy (non-hydrogen) atoms. The highest BCUT2D eigenvalue weighted by Crippen LogP contribution is 2.35. The van der Waals surface area contributed by atoms with Crippen molar-refractivity contribution in [2.75, 3.05) is 6.26 Å². The summed E-state index contributed by atoms with van der Waals surface area (Å²) in [5.41, 5.74) is 1.70. The number of hydrogen-bond donors (Lipinski definition) is 1. The highest BCUT2D eigenvalue weighted by molar-refractivity contribution is 7.98. The molecule has 0 aliphatic carbocycles. The molecule has 0 fully saturated rings. The van der Waals surface area contributed by atoms with Crippen LogP contribution >= 0.6 is 23.4 Å². The molecule has 0 spiro atoms. The van der Waals surface area contributed by atoms with E-state index in [9.17, 15) is 5.11 Å². The third-order valence-corrected chi connectivity index (χ3v) is 5.02. The molecule has 0 aliphatic heterocycles. The van der Waals surface area contributed by atoms with Crippen LogP contribution in [0.1, 0.15) is 0 Å². The standard InChI is InChI=1S/C21H15ClO3S/c1-26-21-12-13(2-8-18(21)23)20-11-14-10-17(7-9-19(14)25-20)24-16-5-3-15(22)4-6-16/h2-12,23H,1H3. The maximum atomic E-state index is 9.84. The van der Waals surface area contributed by atoms with E-state index in [2.05, 4.69) is 0 Å². The lowest BCUT2D eigenvalue weighted by Gasteiger charge is -2.05. The molecule has 0 radical (unpaired) electrons. The highest BCUT2D eigenvalue weighted by atomic mass is 35.5. The first kappa shape index (κ1) is 16.9. The number of fused-ring (bicyclic) bond motifs is 1. The number of rotatable bonds is 4. The minimum Gasteiger partial charge on any atom is -0.507 e. The first-order valence-electron chi connectivity index (χ1n) is 7.97. The van der Waals surface area contributed by atoms with Crippen LogP contribution in [-0.2, 0) is 0 Å². The SMILES string of the molecule is CSc1cc(-c2cc3cc(Oc4ccc(Cl)cc4)ccc3o2)ccc1O. The Morgan fingerprint density at radius 2 is 1.69 bits per heavy atom. The Hall–Kier alpha value is -2.56. The molecule has 1 heterocycles. The van der Waals surface area contributed by atoms with Gasteiger partial charge < -0.3 is 14.3 Å². The van der Waals surface area contributed by atoms with Crippen LogP contribution in [0.15, 0.2) is 76.0 Å². The zero-order chi connectivity index (χ0) is 18.1. The van der Waals surface area contributed by atoms with Gasteiger partial charge in [0.25, 0.3) is 0 Å². The minimum absolute atomic E-state index is 0.274. The van der Waals surface area contributed by atoms with Crippen LogP contribution in [0.4, 0.5) is 0 Å². The minimum atomic E-state index is 0.274. The third-order valence-electron chi connectivity index (χ3n) is 4.00. The number of phenolic OH excluding ortho intramolecular Hbond substituents is 1. The lowest BCUT2D eigenvalue weighted by molar-refractivity contribution is 0.462. The van der Waals surface area contributed by atoms with E-state index in [4.69, 9.17) is 20.8 Å². The Balaban J connectivity index is 1.66. The van der Waals surface area contributed by atoms with Crippen molar-refractivity contribution in [3.63, 3.8) is 0 Å². The summed E-state index contributed by atoms with van der Waals surface area (Å²) >= 11 is 7.39. The molecule has 0 saturated heterocycles. The molecule has 5 heteroatoms. The molecule has 1 N–H and O–H groups in total. The van der Waals surface area contributed by atoms with Crippen molar-refractivity contribution in [3.8, 4) is 28.6 Å². The van der Waals surface area contributed by atoms with Crippen molar-refractivity contribution in [1.29, 1.82) is 0 Å². The van der Waals surface area contributed by atoms with E-state index < -0.39 is 0 Å². The zero-order valence-corrected chi connectivity index (χ0v) is 15.5. The summed E-state index contributed by atoms with van der Waals surface area (Å²) in [5.74, 6) is 2.47. The third kappa shape index (κ3) is 3.39. The smallest absolute Gasteiger partial charge is 0.135 e. The molecule has 0 bridgehead atoms. The van der Waals surface area contributed by atoms with Gasteiger partial charge in [-0.15, -0.1) is 11.8 Å². The second-order valence-electron chi connectivity index (χ2n) is 5.75. The van der Waals surface area contributed by atoms with Gasteiger partial charge in [-0.3, -0.25) is 0 Å².